The minimum atomic E-state index is -0.534. The van der Waals surface area contributed by atoms with Crippen LogP contribution in [0.5, 0.6) is 0 Å². The van der Waals surface area contributed by atoms with Gasteiger partial charge in [-0.15, -0.1) is 0 Å². The molecule has 7 heavy (non-hydrogen) atoms. The van der Waals surface area contributed by atoms with E-state index in [1.54, 1.807) is 0 Å². The second-order valence-corrected chi connectivity index (χ2v) is 1.68. The molecule has 1 aliphatic rings. The first-order valence-corrected chi connectivity index (χ1v) is 2.36. The average Bonchev–Trinajstić information content (AvgIpc) is 1.58. The number of nitrogens with two attached hydrogens (primary N) is 1. The Hall–Kier alpha value is -0.120. The topological polar surface area (TPSA) is 55.5 Å². The van der Waals surface area contributed by atoms with Crippen molar-refractivity contribution in [1.29, 1.82) is 0 Å². The molecule has 0 amide bonds. The smallest absolute Gasteiger partial charge is 0.157 e. The molecule has 0 bridgehead atoms. The second kappa shape index (κ2) is 1.78. The molecule has 0 saturated carbocycles. The first-order chi connectivity index (χ1) is 3.33. The van der Waals surface area contributed by atoms with Crippen LogP contribution >= 0.6 is 0 Å². The van der Waals surface area contributed by atoms with E-state index in [1.165, 1.54) is 0 Å². The lowest BCUT2D eigenvalue weighted by Crippen LogP contribution is -2.41. The third-order valence-corrected chi connectivity index (χ3v) is 1.08. The van der Waals surface area contributed by atoms with E-state index in [-0.39, 0.29) is 6.10 Å². The lowest BCUT2D eigenvalue weighted by atomic mass is 10.2. The van der Waals surface area contributed by atoms with E-state index in [4.69, 9.17) is 15.6 Å². The van der Waals surface area contributed by atoms with E-state index in [9.17, 15) is 0 Å². The van der Waals surface area contributed by atoms with Gasteiger partial charge >= 0.3 is 0 Å². The fourth-order valence-electron chi connectivity index (χ4n) is 0.588. The van der Waals surface area contributed by atoms with Gasteiger partial charge in [-0.3, -0.25) is 0 Å². The van der Waals surface area contributed by atoms with E-state index in [2.05, 4.69) is 0 Å². The van der Waals surface area contributed by atoms with Crippen molar-refractivity contribution in [3.63, 3.8) is 0 Å². The summed E-state index contributed by atoms with van der Waals surface area (Å²) in [6.45, 7) is 0.525. The number of hydrogen-bond donors (Lipinski definition) is 2. The number of ether oxygens (including phenoxy) is 1. The van der Waals surface area contributed by atoms with Crippen LogP contribution in [0, 0.1) is 0 Å². The first kappa shape index (κ1) is 5.03. The molecule has 1 aliphatic heterocycles. The normalized spacial score (nSPS) is 40.3. The number of rotatable bonds is 1. The predicted octanol–water partition coefficient (Wildman–Crippen LogP) is -0.948. The molecule has 2 atom stereocenters. The van der Waals surface area contributed by atoms with Gasteiger partial charge in [0.2, 0.25) is 0 Å². The Morgan fingerprint density at radius 2 is 2.43 bits per heavy atom. The van der Waals surface area contributed by atoms with Crippen LogP contribution in [0.3, 0.4) is 0 Å². The maximum absolute atomic E-state index is 8.47. The highest BCUT2D eigenvalue weighted by molar-refractivity contribution is 4.69. The molecule has 0 aromatic rings. The van der Waals surface area contributed by atoms with Gasteiger partial charge in [-0.2, -0.15) is 0 Å². The van der Waals surface area contributed by atoms with Crippen molar-refractivity contribution < 1.29 is 9.84 Å². The molecule has 1 saturated heterocycles. The van der Waals surface area contributed by atoms with Crippen molar-refractivity contribution in [2.75, 3.05) is 6.54 Å². The molecule has 3 N–H and O–H groups in total. The van der Waals surface area contributed by atoms with Crippen LogP contribution in [0.1, 0.15) is 6.42 Å². The molecular formula is C4H9NO2. The molecule has 1 fully saturated rings. The highest BCUT2D eigenvalue weighted by Crippen LogP contribution is 2.15. The molecule has 42 valence electrons. The zero-order chi connectivity index (χ0) is 5.28. The zero-order valence-electron chi connectivity index (χ0n) is 4.00. The quantitative estimate of drug-likeness (QED) is 0.450. The van der Waals surface area contributed by atoms with Gasteiger partial charge in [0.15, 0.2) is 6.29 Å². The van der Waals surface area contributed by atoms with E-state index in [0.717, 1.165) is 0 Å². The summed E-state index contributed by atoms with van der Waals surface area (Å²) in [5, 5.41) is 8.47. The van der Waals surface area contributed by atoms with Gasteiger partial charge < -0.3 is 15.6 Å². The Morgan fingerprint density at radius 1 is 1.86 bits per heavy atom. The lowest BCUT2D eigenvalue weighted by molar-refractivity contribution is -0.227. The van der Waals surface area contributed by atoms with E-state index < -0.39 is 6.29 Å². The van der Waals surface area contributed by atoms with Crippen LogP contribution in [0.4, 0.5) is 0 Å². The Balaban J connectivity index is 2.06. The Labute approximate surface area is 42.1 Å². The summed E-state index contributed by atoms with van der Waals surface area (Å²) in [6.07, 6.45) is 0.291. The Morgan fingerprint density at radius 3 is 2.57 bits per heavy atom. The highest BCUT2D eigenvalue weighted by atomic mass is 16.6. The van der Waals surface area contributed by atoms with Crippen molar-refractivity contribution in [3.05, 3.63) is 0 Å². The maximum atomic E-state index is 8.47. The molecule has 3 heteroatoms. The van der Waals surface area contributed by atoms with Crippen LogP contribution < -0.4 is 5.73 Å². The maximum Gasteiger partial charge on any atom is 0.157 e. The van der Waals surface area contributed by atoms with Crippen molar-refractivity contribution in [2.24, 2.45) is 5.73 Å². The zero-order valence-corrected chi connectivity index (χ0v) is 4.00. The van der Waals surface area contributed by atoms with E-state index >= 15 is 0 Å². The van der Waals surface area contributed by atoms with Crippen molar-refractivity contribution in [2.45, 2.75) is 18.8 Å². The average molecular weight is 103 g/mol. The van der Waals surface area contributed by atoms with Gasteiger partial charge in [0.25, 0.3) is 0 Å². The molecular weight excluding hydrogens is 94.0 g/mol. The highest BCUT2D eigenvalue weighted by Gasteiger charge is 2.25. The summed E-state index contributed by atoms with van der Waals surface area (Å²) in [5.74, 6) is 0. The SMILES string of the molecule is NCC1CC(O)O1. The first-order valence-electron chi connectivity index (χ1n) is 2.36. The summed E-state index contributed by atoms with van der Waals surface area (Å²) in [5.41, 5.74) is 5.16. The van der Waals surface area contributed by atoms with Crippen molar-refractivity contribution in [1.82, 2.24) is 0 Å². The second-order valence-electron chi connectivity index (χ2n) is 1.68. The largest absolute Gasteiger partial charge is 0.368 e. The molecule has 0 aromatic heterocycles. The van der Waals surface area contributed by atoms with E-state index in [1.807, 2.05) is 0 Å². The fourth-order valence-corrected chi connectivity index (χ4v) is 0.588. The summed E-state index contributed by atoms with van der Waals surface area (Å²) in [4.78, 5) is 0. The molecule has 3 nitrogen and oxygen atoms in total. The van der Waals surface area contributed by atoms with Gasteiger partial charge in [-0.05, 0) is 0 Å². The van der Waals surface area contributed by atoms with Gasteiger partial charge in [-0.25, -0.2) is 0 Å². The predicted molar refractivity (Wildman–Crippen MR) is 24.6 cm³/mol. The third-order valence-electron chi connectivity index (χ3n) is 1.08. The summed E-state index contributed by atoms with van der Waals surface area (Å²) in [7, 11) is 0. The van der Waals surface area contributed by atoms with Crippen molar-refractivity contribution >= 4 is 0 Å². The van der Waals surface area contributed by atoms with Crippen molar-refractivity contribution in [3.8, 4) is 0 Å². The Bertz CT molecular complexity index is 60.7. The molecule has 0 aliphatic carbocycles. The molecule has 0 spiro atoms. The van der Waals surface area contributed by atoms with Gasteiger partial charge in [0.05, 0.1) is 6.10 Å². The summed E-state index contributed by atoms with van der Waals surface area (Å²) < 4.78 is 4.72. The van der Waals surface area contributed by atoms with Crippen LogP contribution in [-0.2, 0) is 4.74 Å². The molecule has 1 rings (SSSR count). The van der Waals surface area contributed by atoms with Gasteiger partial charge in [-0.1, -0.05) is 0 Å². The standard InChI is InChI=1S/C4H9NO2/c5-2-3-1-4(6)7-3/h3-4,6H,1-2,5H2. The van der Waals surface area contributed by atoms with Crippen LogP contribution in [0.25, 0.3) is 0 Å². The Kier molecular flexibility index (Phi) is 1.27. The number of hydrogen-bond acceptors (Lipinski definition) is 3. The summed E-state index contributed by atoms with van der Waals surface area (Å²) >= 11 is 0. The summed E-state index contributed by atoms with van der Waals surface area (Å²) in [6, 6.07) is 0. The van der Waals surface area contributed by atoms with Crippen LogP contribution in [0.2, 0.25) is 0 Å². The molecule has 0 radical (unpaired) electrons. The third kappa shape index (κ3) is 0.907. The van der Waals surface area contributed by atoms with Gasteiger partial charge in [0.1, 0.15) is 0 Å². The van der Waals surface area contributed by atoms with Gasteiger partial charge in [0, 0.05) is 13.0 Å². The van der Waals surface area contributed by atoms with Crippen LogP contribution in [-0.4, -0.2) is 24.0 Å². The number of aliphatic hydroxyl groups is 1. The van der Waals surface area contributed by atoms with E-state index in [0.29, 0.717) is 13.0 Å². The number of aliphatic hydroxyl groups excluding tert-OH is 1. The molecule has 0 aromatic carbocycles. The minimum absolute atomic E-state index is 0.120. The van der Waals surface area contributed by atoms with Crippen LogP contribution in [0.15, 0.2) is 0 Å². The molecule has 2 unspecified atom stereocenters. The molecule has 1 heterocycles. The lowest BCUT2D eigenvalue weighted by Gasteiger charge is -2.30. The monoisotopic (exact) mass is 103 g/mol. The minimum Gasteiger partial charge on any atom is -0.368 e. The fraction of sp³-hybridized carbons (Fsp3) is 1.00.